The summed E-state index contributed by atoms with van der Waals surface area (Å²) in [6.45, 7) is 7.35. The zero-order valence-electron chi connectivity index (χ0n) is 16.7. The van der Waals surface area contributed by atoms with Crippen LogP contribution in [-0.2, 0) is 20.7 Å². The first-order chi connectivity index (χ1) is 13.2. The van der Waals surface area contributed by atoms with Crippen molar-refractivity contribution in [3.8, 4) is 5.75 Å². The van der Waals surface area contributed by atoms with Crippen molar-refractivity contribution in [1.82, 2.24) is 4.90 Å². The van der Waals surface area contributed by atoms with Gasteiger partial charge in [0.25, 0.3) is 0 Å². The predicted octanol–water partition coefficient (Wildman–Crippen LogP) is 3.90. The van der Waals surface area contributed by atoms with Gasteiger partial charge >= 0.3 is 0 Å². The summed E-state index contributed by atoms with van der Waals surface area (Å²) in [4.78, 5) is 13.5. The molecule has 0 aromatic heterocycles. The maximum Gasteiger partial charge on any atom is 0.219 e. The highest BCUT2D eigenvalue weighted by molar-refractivity contribution is 5.73. The fourth-order valence-electron chi connectivity index (χ4n) is 3.94. The first-order valence-electron chi connectivity index (χ1n) is 10.4. The smallest absolute Gasteiger partial charge is 0.219 e. The minimum Gasteiger partial charge on any atom is -0.491 e. The highest BCUT2D eigenvalue weighted by Gasteiger charge is 2.24. The Kier molecular flexibility index (Phi) is 7.53. The molecule has 0 radical (unpaired) electrons. The molecule has 2 fully saturated rings. The van der Waals surface area contributed by atoms with Gasteiger partial charge in [-0.25, -0.2) is 0 Å². The highest BCUT2D eigenvalue weighted by Crippen LogP contribution is 2.35. The predicted molar refractivity (Wildman–Crippen MR) is 105 cm³/mol. The Morgan fingerprint density at radius 1 is 1.19 bits per heavy atom. The maximum absolute atomic E-state index is 11.6. The number of nitrogens with zero attached hydrogens (tertiary/aromatic N) is 1. The topological polar surface area (TPSA) is 48.0 Å². The lowest BCUT2D eigenvalue weighted by Crippen LogP contribution is -2.36. The second-order valence-electron chi connectivity index (χ2n) is 7.52. The molecule has 150 valence electrons. The van der Waals surface area contributed by atoms with E-state index in [0.29, 0.717) is 19.1 Å². The molecular formula is C22H33NO4. The molecule has 1 aromatic rings. The van der Waals surface area contributed by atoms with E-state index in [1.807, 2.05) is 4.90 Å². The van der Waals surface area contributed by atoms with Crippen molar-refractivity contribution in [2.45, 2.75) is 64.6 Å². The molecule has 1 amide bonds. The molecule has 2 aliphatic heterocycles. The summed E-state index contributed by atoms with van der Waals surface area (Å²) in [6, 6.07) is 6.59. The molecule has 0 bridgehead atoms. The van der Waals surface area contributed by atoms with Crippen LogP contribution >= 0.6 is 0 Å². The van der Waals surface area contributed by atoms with Gasteiger partial charge in [0.05, 0.1) is 6.61 Å². The van der Waals surface area contributed by atoms with Gasteiger partial charge in [0.1, 0.15) is 12.4 Å². The molecule has 0 aliphatic carbocycles. The first-order valence-corrected chi connectivity index (χ1v) is 10.4. The van der Waals surface area contributed by atoms with E-state index in [1.54, 1.807) is 6.92 Å². The summed E-state index contributed by atoms with van der Waals surface area (Å²) in [7, 11) is 0. The molecule has 2 heterocycles. The Hall–Kier alpha value is -1.59. The van der Waals surface area contributed by atoms with Crippen molar-refractivity contribution in [2.24, 2.45) is 0 Å². The van der Waals surface area contributed by atoms with Gasteiger partial charge in [-0.2, -0.15) is 0 Å². The third-order valence-corrected chi connectivity index (χ3v) is 5.65. The van der Waals surface area contributed by atoms with E-state index in [0.717, 1.165) is 57.6 Å². The van der Waals surface area contributed by atoms with Crippen LogP contribution in [0.2, 0.25) is 0 Å². The van der Waals surface area contributed by atoms with E-state index in [9.17, 15) is 4.79 Å². The van der Waals surface area contributed by atoms with E-state index in [-0.39, 0.29) is 12.2 Å². The van der Waals surface area contributed by atoms with E-state index in [2.05, 4.69) is 25.1 Å². The molecular weight excluding hydrogens is 342 g/mol. The van der Waals surface area contributed by atoms with Gasteiger partial charge in [-0.3, -0.25) is 4.79 Å². The Morgan fingerprint density at radius 3 is 2.67 bits per heavy atom. The number of piperidine rings is 1. The van der Waals surface area contributed by atoms with Crippen LogP contribution in [0.5, 0.6) is 5.75 Å². The average Bonchev–Trinajstić information content (AvgIpc) is 2.72. The van der Waals surface area contributed by atoms with Crippen molar-refractivity contribution in [2.75, 3.05) is 32.9 Å². The van der Waals surface area contributed by atoms with Crippen LogP contribution in [-0.4, -0.2) is 50.0 Å². The van der Waals surface area contributed by atoms with Crippen LogP contribution < -0.4 is 4.74 Å². The van der Waals surface area contributed by atoms with E-state index >= 15 is 0 Å². The van der Waals surface area contributed by atoms with Gasteiger partial charge in [-0.05, 0) is 61.6 Å². The number of amides is 1. The number of carbonyl (C=O) groups is 1. The Morgan fingerprint density at radius 2 is 2.00 bits per heavy atom. The summed E-state index contributed by atoms with van der Waals surface area (Å²) in [5.41, 5.74) is 2.55. The van der Waals surface area contributed by atoms with Gasteiger partial charge in [0, 0.05) is 26.6 Å². The summed E-state index contributed by atoms with van der Waals surface area (Å²) < 4.78 is 17.5. The Balaban J connectivity index is 1.56. The fraction of sp³-hybridized carbons (Fsp3) is 0.682. The van der Waals surface area contributed by atoms with Crippen LogP contribution in [0, 0.1) is 0 Å². The number of carbonyl (C=O) groups excluding carboxylic acids is 1. The van der Waals surface area contributed by atoms with Crippen molar-refractivity contribution >= 4 is 5.91 Å². The third-order valence-electron chi connectivity index (χ3n) is 5.65. The number of likely N-dealkylation sites (tertiary alicyclic amines) is 1. The molecule has 27 heavy (non-hydrogen) atoms. The molecule has 2 aliphatic rings. The SMILES string of the molecule is CCc1ccc(C2CCN(C(C)=O)CC2)c(OCCOC2CCCCO2)c1. The maximum atomic E-state index is 11.6. The molecule has 1 unspecified atom stereocenters. The molecule has 3 rings (SSSR count). The van der Waals surface area contributed by atoms with Crippen LogP contribution in [0.4, 0.5) is 0 Å². The normalized spacial score (nSPS) is 21.3. The van der Waals surface area contributed by atoms with Crippen LogP contribution in [0.1, 0.15) is 63.0 Å². The second-order valence-corrected chi connectivity index (χ2v) is 7.52. The first kappa shape index (κ1) is 20.2. The van der Waals surface area contributed by atoms with Crippen LogP contribution in [0.15, 0.2) is 18.2 Å². The fourth-order valence-corrected chi connectivity index (χ4v) is 3.94. The highest BCUT2D eigenvalue weighted by atomic mass is 16.7. The largest absolute Gasteiger partial charge is 0.491 e. The van der Waals surface area contributed by atoms with Crippen LogP contribution in [0.25, 0.3) is 0 Å². The number of hydrogen-bond donors (Lipinski definition) is 0. The molecule has 0 N–H and O–H groups in total. The lowest BCUT2D eigenvalue weighted by atomic mass is 9.88. The minimum absolute atomic E-state index is 0.0697. The van der Waals surface area contributed by atoms with Gasteiger partial charge in [0.15, 0.2) is 6.29 Å². The summed E-state index contributed by atoms with van der Waals surface area (Å²) in [6.07, 6.45) is 6.19. The van der Waals surface area contributed by atoms with Gasteiger partial charge < -0.3 is 19.1 Å². The summed E-state index contributed by atoms with van der Waals surface area (Å²) in [5, 5.41) is 0. The van der Waals surface area contributed by atoms with Gasteiger partial charge in [-0.15, -0.1) is 0 Å². The zero-order valence-corrected chi connectivity index (χ0v) is 16.7. The average molecular weight is 376 g/mol. The number of rotatable bonds is 7. The molecule has 0 spiro atoms. The monoisotopic (exact) mass is 375 g/mol. The van der Waals surface area contributed by atoms with Crippen molar-refractivity contribution < 1.29 is 19.0 Å². The van der Waals surface area contributed by atoms with Crippen LogP contribution in [0.3, 0.4) is 0 Å². The summed E-state index contributed by atoms with van der Waals surface area (Å²) in [5.74, 6) is 1.60. The Labute approximate surface area is 163 Å². The molecule has 0 saturated carbocycles. The molecule has 1 atom stereocenters. The van der Waals surface area contributed by atoms with E-state index < -0.39 is 0 Å². The molecule has 2 saturated heterocycles. The standard InChI is InChI=1S/C22H33NO4/c1-3-18-7-8-20(19-9-11-23(12-10-19)17(2)24)21(16-18)25-14-15-27-22-6-4-5-13-26-22/h7-8,16,19,22H,3-6,9-15H2,1-2H3. The van der Waals surface area contributed by atoms with E-state index in [4.69, 9.17) is 14.2 Å². The molecule has 5 nitrogen and oxygen atoms in total. The van der Waals surface area contributed by atoms with Crippen molar-refractivity contribution in [3.05, 3.63) is 29.3 Å². The molecule has 1 aromatic carbocycles. The minimum atomic E-state index is -0.0697. The zero-order chi connectivity index (χ0) is 19.1. The number of ether oxygens (including phenoxy) is 3. The van der Waals surface area contributed by atoms with Gasteiger partial charge in [-0.1, -0.05) is 19.1 Å². The molecule has 5 heteroatoms. The number of benzene rings is 1. The summed E-state index contributed by atoms with van der Waals surface area (Å²) >= 11 is 0. The number of hydrogen-bond acceptors (Lipinski definition) is 4. The lowest BCUT2D eigenvalue weighted by Gasteiger charge is -2.32. The van der Waals surface area contributed by atoms with Gasteiger partial charge in [0.2, 0.25) is 5.91 Å². The quantitative estimate of drug-likeness (QED) is 0.678. The number of aryl methyl sites for hydroxylation is 1. The lowest BCUT2D eigenvalue weighted by molar-refractivity contribution is -0.165. The Bertz CT molecular complexity index is 604. The second kappa shape index (κ2) is 10.1. The third kappa shape index (κ3) is 5.69. The van der Waals surface area contributed by atoms with Crippen molar-refractivity contribution in [1.29, 1.82) is 0 Å². The van der Waals surface area contributed by atoms with Crippen molar-refractivity contribution in [3.63, 3.8) is 0 Å². The van der Waals surface area contributed by atoms with E-state index in [1.165, 1.54) is 17.5 Å².